The van der Waals surface area contributed by atoms with E-state index >= 15 is 0 Å². The second-order valence-corrected chi connectivity index (χ2v) is 5.41. The van der Waals surface area contributed by atoms with Crippen LogP contribution in [0.2, 0.25) is 0 Å². The molecule has 0 amide bonds. The van der Waals surface area contributed by atoms with E-state index in [4.69, 9.17) is 5.11 Å². The lowest BCUT2D eigenvalue weighted by Crippen LogP contribution is -2.30. The molecular weight excluding hydrogens is 250 g/mol. The molecule has 1 aromatic carbocycles. The number of rotatable bonds is 10. The van der Waals surface area contributed by atoms with Crippen LogP contribution >= 0.6 is 0 Å². The summed E-state index contributed by atoms with van der Waals surface area (Å²) in [6.07, 6.45) is 7.22. The molecule has 0 aromatic heterocycles. The van der Waals surface area contributed by atoms with Crippen LogP contribution in [0.15, 0.2) is 24.3 Å². The van der Waals surface area contributed by atoms with Gasteiger partial charge in [-0.2, -0.15) is 0 Å². The Morgan fingerprint density at radius 2 is 1.80 bits per heavy atom. The largest absolute Gasteiger partial charge is 0.481 e. The molecule has 2 N–H and O–H groups in total. The lowest BCUT2D eigenvalue weighted by molar-refractivity contribution is -0.137. The van der Waals surface area contributed by atoms with Gasteiger partial charge in [0, 0.05) is 6.04 Å². The first-order valence-electron chi connectivity index (χ1n) is 7.62. The maximum absolute atomic E-state index is 10.7. The van der Waals surface area contributed by atoms with E-state index in [0.717, 1.165) is 12.8 Å². The fourth-order valence-corrected chi connectivity index (χ4v) is 2.37. The zero-order valence-electron chi connectivity index (χ0n) is 12.7. The van der Waals surface area contributed by atoms with Crippen molar-refractivity contribution in [3.63, 3.8) is 0 Å². The lowest BCUT2D eigenvalue weighted by Gasteiger charge is -2.14. The predicted octanol–water partition coefficient (Wildman–Crippen LogP) is 3.41. The van der Waals surface area contributed by atoms with Gasteiger partial charge in [-0.15, -0.1) is 0 Å². The van der Waals surface area contributed by atoms with E-state index in [1.807, 2.05) is 7.05 Å². The molecule has 3 heteroatoms. The van der Waals surface area contributed by atoms with Gasteiger partial charge in [0.25, 0.3) is 0 Å². The van der Waals surface area contributed by atoms with E-state index < -0.39 is 5.97 Å². The summed E-state index contributed by atoms with van der Waals surface area (Å²) in [7, 11) is 1.82. The van der Waals surface area contributed by atoms with Gasteiger partial charge in [-0.3, -0.25) is 4.79 Å². The van der Waals surface area contributed by atoms with Crippen LogP contribution in [0, 0.1) is 0 Å². The number of nitrogens with one attached hydrogen (secondary N) is 1. The van der Waals surface area contributed by atoms with Gasteiger partial charge in [0.1, 0.15) is 0 Å². The molecule has 0 bridgehead atoms. The van der Waals surface area contributed by atoms with Crippen molar-refractivity contribution < 1.29 is 9.90 Å². The minimum absolute atomic E-state index is 0.00269. The molecule has 1 unspecified atom stereocenters. The minimum atomic E-state index is -0.753. The predicted molar refractivity (Wildman–Crippen MR) is 83.1 cm³/mol. The molecule has 0 radical (unpaired) electrons. The quantitative estimate of drug-likeness (QED) is 0.644. The van der Waals surface area contributed by atoms with Crippen LogP contribution in [-0.2, 0) is 17.6 Å². The molecule has 3 nitrogen and oxygen atoms in total. The fourth-order valence-electron chi connectivity index (χ4n) is 2.37. The van der Waals surface area contributed by atoms with Crippen molar-refractivity contribution in [2.45, 2.75) is 57.9 Å². The first kappa shape index (κ1) is 16.7. The molecule has 112 valence electrons. The molecule has 1 aromatic rings. The smallest absolute Gasteiger partial charge is 0.304 e. The number of aryl methyl sites for hydroxylation is 1. The normalized spacial score (nSPS) is 12.3. The maximum atomic E-state index is 10.7. The van der Waals surface area contributed by atoms with Crippen molar-refractivity contribution in [2.24, 2.45) is 0 Å². The maximum Gasteiger partial charge on any atom is 0.304 e. The highest BCUT2D eigenvalue weighted by molar-refractivity contribution is 5.67. The molecule has 0 aliphatic carbocycles. The summed E-state index contributed by atoms with van der Waals surface area (Å²) in [6.45, 7) is 2.23. The van der Waals surface area contributed by atoms with Crippen molar-refractivity contribution in [3.05, 3.63) is 35.4 Å². The van der Waals surface area contributed by atoms with E-state index in [1.54, 1.807) is 0 Å². The monoisotopic (exact) mass is 277 g/mol. The highest BCUT2D eigenvalue weighted by Gasteiger charge is 2.11. The summed E-state index contributed by atoms with van der Waals surface area (Å²) in [5.74, 6) is -0.753. The Hall–Kier alpha value is -1.35. The summed E-state index contributed by atoms with van der Waals surface area (Å²) in [5.41, 5.74) is 2.58. The summed E-state index contributed by atoms with van der Waals surface area (Å²) in [6, 6.07) is 8.61. The first-order chi connectivity index (χ1) is 9.65. The molecule has 1 atom stereocenters. The Morgan fingerprint density at radius 3 is 2.35 bits per heavy atom. The van der Waals surface area contributed by atoms with Gasteiger partial charge in [-0.1, -0.05) is 50.5 Å². The van der Waals surface area contributed by atoms with E-state index in [1.165, 1.54) is 36.8 Å². The first-order valence-corrected chi connectivity index (χ1v) is 7.62. The number of carboxylic acid groups (broad SMARTS) is 1. The van der Waals surface area contributed by atoms with Crippen LogP contribution in [0.5, 0.6) is 0 Å². The van der Waals surface area contributed by atoms with Gasteiger partial charge in [-0.05, 0) is 37.4 Å². The Morgan fingerprint density at radius 1 is 1.15 bits per heavy atom. The van der Waals surface area contributed by atoms with Crippen molar-refractivity contribution >= 4 is 5.97 Å². The zero-order valence-corrected chi connectivity index (χ0v) is 12.7. The number of carbonyl (C=O) groups is 1. The number of hydrogen-bond acceptors (Lipinski definition) is 2. The Balaban J connectivity index is 2.42. The third-order valence-electron chi connectivity index (χ3n) is 3.65. The standard InChI is InChI=1S/C17H27NO2/c1-3-4-5-6-7-14-8-10-15(11-9-14)12-16(18-2)13-17(19)20/h8-11,16,18H,3-7,12-13H2,1-2H3,(H,19,20). The molecule has 0 saturated carbocycles. The number of benzene rings is 1. The van der Waals surface area contributed by atoms with Gasteiger partial charge in [0.15, 0.2) is 0 Å². The SMILES string of the molecule is CCCCCCc1ccc(CC(CC(=O)O)NC)cc1. The molecule has 0 aliphatic heterocycles. The third kappa shape index (κ3) is 6.71. The fraction of sp³-hybridized carbons (Fsp3) is 0.588. The highest BCUT2D eigenvalue weighted by atomic mass is 16.4. The number of carboxylic acids is 1. The molecule has 0 saturated heterocycles. The topological polar surface area (TPSA) is 49.3 Å². The van der Waals surface area contributed by atoms with Crippen molar-refractivity contribution in [3.8, 4) is 0 Å². The van der Waals surface area contributed by atoms with Crippen LogP contribution in [0.3, 0.4) is 0 Å². The van der Waals surface area contributed by atoms with Crippen molar-refractivity contribution in [2.75, 3.05) is 7.05 Å². The molecule has 20 heavy (non-hydrogen) atoms. The Kier molecular flexibility index (Phi) is 7.97. The highest BCUT2D eigenvalue weighted by Crippen LogP contribution is 2.12. The molecular formula is C17H27NO2. The molecule has 1 rings (SSSR count). The van der Waals surface area contributed by atoms with E-state index in [0.29, 0.717) is 0 Å². The summed E-state index contributed by atoms with van der Waals surface area (Å²) < 4.78 is 0. The molecule has 0 spiro atoms. The number of aliphatic carboxylic acids is 1. The van der Waals surface area contributed by atoms with Crippen LogP contribution in [-0.4, -0.2) is 24.2 Å². The lowest BCUT2D eigenvalue weighted by atomic mass is 10.00. The summed E-state index contributed by atoms with van der Waals surface area (Å²) in [4.78, 5) is 10.7. The van der Waals surface area contributed by atoms with Crippen LogP contribution in [0.1, 0.15) is 50.2 Å². The minimum Gasteiger partial charge on any atom is -0.481 e. The van der Waals surface area contributed by atoms with Crippen LogP contribution in [0.25, 0.3) is 0 Å². The Labute approximate surface area is 122 Å². The van der Waals surface area contributed by atoms with Crippen LogP contribution in [0.4, 0.5) is 0 Å². The molecule has 0 heterocycles. The number of hydrogen-bond donors (Lipinski definition) is 2. The van der Waals surface area contributed by atoms with Gasteiger partial charge in [0.2, 0.25) is 0 Å². The zero-order chi connectivity index (χ0) is 14.8. The summed E-state index contributed by atoms with van der Waals surface area (Å²) >= 11 is 0. The van der Waals surface area contributed by atoms with Gasteiger partial charge >= 0.3 is 5.97 Å². The van der Waals surface area contributed by atoms with E-state index in [9.17, 15) is 4.79 Å². The van der Waals surface area contributed by atoms with Gasteiger partial charge < -0.3 is 10.4 Å². The second kappa shape index (κ2) is 9.54. The average molecular weight is 277 g/mol. The van der Waals surface area contributed by atoms with Crippen LogP contribution < -0.4 is 5.32 Å². The van der Waals surface area contributed by atoms with Gasteiger partial charge in [0.05, 0.1) is 6.42 Å². The van der Waals surface area contributed by atoms with Crippen molar-refractivity contribution in [1.29, 1.82) is 0 Å². The van der Waals surface area contributed by atoms with E-state index in [2.05, 4.69) is 36.5 Å². The third-order valence-corrected chi connectivity index (χ3v) is 3.65. The number of unbranched alkanes of at least 4 members (excludes halogenated alkanes) is 3. The van der Waals surface area contributed by atoms with Gasteiger partial charge in [-0.25, -0.2) is 0 Å². The Bertz CT molecular complexity index is 386. The van der Waals surface area contributed by atoms with Crippen molar-refractivity contribution in [1.82, 2.24) is 5.32 Å². The summed E-state index contributed by atoms with van der Waals surface area (Å²) in [5, 5.41) is 11.9. The molecule has 0 fully saturated rings. The van der Waals surface area contributed by atoms with E-state index in [-0.39, 0.29) is 12.5 Å². The number of likely N-dealkylation sites (N-methyl/N-ethyl adjacent to an activating group) is 1. The average Bonchev–Trinajstić information content (AvgIpc) is 2.44. The molecule has 0 aliphatic rings. The second-order valence-electron chi connectivity index (χ2n) is 5.41.